The Bertz CT molecular complexity index is 1180. The topological polar surface area (TPSA) is 75.7 Å². The normalized spacial score (nSPS) is 11.1. The maximum Gasteiger partial charge on any atom is 0.251 e. The molecule has 0 aliphatic heterocycles. The van der Waals surface area contributed by atoms with Crippen molar-refractivity contribution in [3.05, 3.63) is 95.3 Å². The fourth-order valence-electron chi connectivity index (χ4n) is 3.17. The van der Waals surface area contributed by atoms with E-state index in [-0.39, 0.29) is 24.8 Å². The standard InChI is InChI=1S/C24H25FN2O4S/c1-3-31-23-11-7-6-10-22(23)27(32(2,29)30)17-18-12-14-19(15-13-18)24(28)26-16-20-8-4-5-9-21(20)25/h4-15H,3,16-17H2,1-2H3,(H,26,28). The Morgan fingerprint density at radius 1 is 1.00 bits per heavy atom. The molecular formula is C24H25FN2O4S. The lowest BCUT2D eigenvalue weighted by atomic mass is 10.1. The summed E-state index contributed by atoms with van der Waals surface area (Å²) in [6.07, 6.45) is 1.14. The lowest BCUT2D eigenvalue weighted by Gasteiger charge is -2.24. The summed E-state index contributed by atoms with van der Waals surface area (Å²) in [5.74, 6) is -0.248. The van der Waals surface area contributed by atoms with Crippen molar-refractivity contribution < 1.29 is 22.3 Å². The largest absolute Gasteiger partial charge is 0.492 e. The number of nitrogens with zero attached hydrogens (tertiary/aromatic N) is 1. The summed E-state index contributed by atoms with van der Waals surface area (Å²) in [5.41, 5.74) is 1.94. The number of carbonyl (C=O) groups is 1. The van der Waals surface area contributed by atoms with Crippen LogP contribution in [0.25, 0.3) is 0 Å². The summed E-state index contributed by atoms with van der Waals surface area (Å²) < 4.78 is 45.6. The third-order valence-corrected chi connectivity index (χ3v) is 5.90. The molecule has 0 spiro atoms. The lowest BCUT2D eigenvalue weighted by Crippen LogP contribution is -2.29. The highest BCUT2D eigenvalue weighted by atomic mass is 32.2. The maximum atomic E-state index is 13.7. The van der Waals surface area contributed by atoms with Crippen LogP contribution in [0.3, 0.4) is 0 Å². The Morgan fingerprint density at radius 3 is 2.31 bits per heavy atom. The second-order valence-electron chi connectivity index (χ2n) is 7.14. The molecule has 1 N–H and O–H groups in total. The van der Waals surface area contributed by atoms with Gasteiger partial charge in [0.2, 0.25) is 10.0 Å². The predicted molar refractivity (Wildman–Crippen MR) is 123 cm³/mol. The molecule has 0 unspecified atom stereocenters. The molecule has 0 bridgehead atoms. The SMILES string of the molecule is CCOc1ccccc1N(Cc1ccc(C(=O)NCc2ccccc2F)cc1)S(C)(=O)=O. The number of nitrogens with one attached hydrogen (secondary N) is 1. The maximum absolute atomic E-state index is 13.7. The van der Waals surface area contributed by atoms with Crippen LogP contribution >= 0.6 is 0 Å². The highest BCUT2D eigenvalue weighted by Crippen LogP contribution is 2.31. The van der Waals surface area contributed by atoms with E-state index in [1.165, 1.54) is 10.4 Å². The molecule has 0 saturated heterocycles. The van der Waals surface area contributed by atoms with E-state index in [4.69, 9.17) is 4.74 Å². The molecule has 6 nitrogen and oxygen atoms in total. The summed E-state index contributed by atoms with van der Waals surface area (Å²) in [7, 11) is -3.59. The summed E-state index contributed by atoms with van der Waals surface area (Å²) in [6, 6.07) is 19.8. The number of carbonyl (C=O) groups excluding carboxylic acids is 1. The molecule has 3 rings (SSSR count). The smallest absolute Gasteiger partial charge is 0.251 e. The molecular weight excluding hydrogens is 431 g/mol. The average Bonchev–Trinajstić information content (AvgIpc) is 2.77. The zero-order chi connectivity index (χ0) is 23.1. The van der Waals surface area contributed by atoms with Gasteiger partial charge in [-0.3, -0.25) is 9.10 Å². The van der Waals surface area contributed by atoms with Crippen molar-refractivity contribution >= 4 is 21.6 Å². The molecule has 0 atom stereocenters. The summed E-state index contributed by atoms with van der Waals surface area (Å²) in [6.45, 7) is 2.40. The second-order valence-corrected chi connectivity index (χ2v) is 9.05. The van der Waals surface area contributed by atoms with Crippen molar-refractivity contribution in [2.75, 3.05) is 17.2 Å². The van der Waals surface area contributed by atoms with Gasteiger partial charge in [0.25, 0.3) is 5.91 Å². The number of sulfonamides is 1. The Kier molecular flexibility index (Phi) is 7.48. The van der Waals surface area contributed by atoms with Crippen molar-refractivity contribution in [1.82, 2.24) is 5.32 Å². The van der Waals surface area contributed by atoms with Crippen molar-refractivity contribution in [2.24, 2.45) is 0 Å². The first-order chi connectivity index (χ1) is 15.3. The van der Waals surface area contributed by atoms with Crippen LogP contribution < -0.4 is 14.4 Å². The number of rotatable bonds is 9. The van der Waals surface area contributed by atoms with E-state index in [0.29, 0.717) is 34.7 Å². The molecule has 1 amide bonds. The number of halogens is 1. The molecule has 168 valence electrons. The number of ether oxygens (including phenoxy) is 1. The van der Waals surface area contributed by atoms with E-state index in [1.54, 1.807) is 66.7 Å². The first-order valence-electron chi connectivity index (χ1n) is 10.1. The lowest BCUT2D eigenvalue weighted by molar-refractivity contribution is 0.0950. The van der Waals surface area contributed by atoms with Crippen molar-refractivity contribution in [1.29, 1.82) is 0 Å². The minimum Gasteiger partial charge on any atom is -0.492 e. The fraction of sp³-hybridized carbons (Fsp3) is 0.208. The van der Waals surface area contributed by atoms with Gasteiger partial charge in [-0.15, -0.1) is 0 Å². The van der Waals surface area contributed by atoms with Crippen LogP contribution in [0, 0.1) is 5.82 Å². The van der Waals surface area contributed by atoms with E-state index in [9.17, 15) is 17.6 Å². The minimum absolute atomic E-state index is 0.0727. The second kappa shape index (κ2) is 10.3. The first-order valence-corrected chi connectivity index (χ1v) is 11.9. The molecule has 0 aliphatic rings. The van der Waals surface area contributed by atoms with Gasteiger partial charge in [0.15, 0.2) is 0 Å². The van der Waals surface area contributed by atoms with Crippen LogP contribution in [-0.2, 0) is 23.1 Å². The van der Waals surface area contributed by atoms with Gasteiger partial charge >= 0.3 is 0 Å². The predicted octanol–water partition coefficient (Wildman–Crippen LogP) is 4.12. The molecule has 0 saturated carbocycles. The van der Waals surface area contributed by atoms with Crippen LogP contribution in [0.2, 0.25) is 0 Å². The Labute approximate surface area is 187 Å². The van der Waals surface area contributed by atoms with Gasteiger partial charge in [-0.1, -0.05) is 42.5 Å². The van der Waals surface area contributed by atoms with Gasteiger partial charge in [-0.2, -0.15) is 0 Å². The molecule has 0 radical (unpaired) electrons. The van der Waals surface area contributed by atoms with E-state index < -0.39 is 10.0 Å². The average molecular weight is 457 g/mol. The highest BCUT2D eigenvalue weighted by Gasteiger charge is 2.21. The molecule has 0 heterocycles. The number of benzene rings is 3. The number of hydrogen-bond donors (Lipinski definition) is 1. The number of amides is 1. The van der Waals surface area contributed by atoms with Crippen LogP contribution in [-0.4, -0.2) is 27.2 Å². The van der Waals surface area contributed by atoms with Crippen molar-refractivity contribution in [2.45, 2.75) is 20.0 Å². The van der Waals surface area contributed by atoms with E-state index >= 15 is 0 Å². The third kappa shape index (κ3) is 5.85. The van der Waals surface area contributed by atoms with Gasteiger partial charge in [0.1, 0.15) is 11.6 Å². The molecule has 3 aromatic rings. The van der Waals surface area contributed by atoms with E-state index in [0.717, 1.165) is 6.26 Å². The Balaban J connectivity index is 1.74. The quantitative estimate of drug-likeness (QED) is 0.526. The Morgan fingerprint density at radius 2 is 1.66 bits per heavy atom. The van der Waals surface area contributed by atoms with Gasteiger partial charge < -0.3 is 10.1 Å². The molecule has 0 fully saturated rings. The van der Waals surface area contributed by atoms with Gasteiger partial charge in [0.05, 0.1) is 25.1 Å². The number of anilines is 1. The number of hydrogen-bond acceptors (Lipinski definition) is 4. The molecule has 0 aromatic heterocycles. The van der Waals surface area contributed by atoms with Crippen LogP contribution in [0.4, 0.5) is 10.1 Å². The summed E-state index contributed by atoms with van der Waals surface area (Å²) in [4.78, 5) is 12.4. The monoisotopic (exact) mass is 456 g/mol. The van der Waals surface area contributed by atoms with Crippen molar-refractivity contribution in [3.8, 4) is 5.75 Å². The van der Waals surface area contributed by atoms with Crippen molar-refractivity contribution in [3.63, 3.8) is 0 Å². The van der Waals surface area contributed by atoms with E-state index in [2.05, 4.69) is 5.32 Å². The Hall–Kier alpha value is -3.39. The van der Waals surface area contributed by atoms with Crippen LogP contribution in [0.15, 0.2) is 72.8 Å². The fourth-order valence-corrected chi connectivity index (χ4v) is 4.06. The van der Waals surface area contributed by atoms with Crippen LogP contribution in [0.5, 0.6) is 5.75 Å². The molecule has 3 aromatic carbocycles. The van der Waals surface area contributed by atoms with Gasteiger partial charge in [-0.05, 0) is 42.8 Å². The van der Waals surface area contributed by atoms with Crippen LogP contribution in [0.1, 0.15) is 28.4 Å². The number of para-hydroxylation sites is 2. The van der Waals surface area contributed by atoms with Gasteiger partial charge in [0, 0.05) is 17.7 Å². The third-order valence-electron chi connectivity index (χ3n) is 4.77. The molecule has 0 aliphatic carbocycles. The zero-order valence-corrected chi connectivity index (χ0v) is 18.7. The minimum atomic E-state index is -3.59. The molecule has 32 heavy (non-hydrogen) atoms. The molecule has 8 heteroatoms. The highest BCUT2D eigenvalue weighted by molar-refractivity contribution is 7.92. The summed E-state index contributed by atoms with van der Waals surface area (Å²) in [5, 5.41) is 2.69. The van der Waals surface area contributed by atoms with E-state index in [1.807, 2.05) is 6.92 Å². The van der Waals surface area contributed by atoms with Gasteiger partial charge in [-0.25, -0.2) is 12.8 Å². The zero-order valence-electron chi connectivity index (χ0n) is 17.9. The first kappa shape index (κ1) is 23.3. The summed E-state index contributed by atoms with van der Waals surface area (Å²) >= 11 is 0.